The summed E-state index contributed by atoms with van der Waals surface area (Å²) in [6, 6.07) is 13.4. The number of nitrogens with one attached hydrogen (secondary N) is 2. The molecule has 1 aliphatic carbocycles. The maximum atomic E-state index is 12.8. The van der Waals surface area contributed by atoms with Crippen molar-refractivity contribution in [3.8, 4) is 0 Å². The molecule has 4 rings (SSSR count). The van der Waals surface area contributed by atoms with Crippen LogP contribution in [0.15, 0.2) is 54.1 Å². The number of ketones is 1. The Balaban J connectivity index is 1.87. The highest BCUT2D eigenvalue weighted by atomic mass is 32.1. The van der Waals surface area contributed by atoms with Gasteiger partial charge in [0.15, 0.2) is 10.9 Å². The molecule has 0 saturated carbocycles. The topological polar surface area (TPSA) is 78.4 Å². The summed E-state index contributed by atoms with van der Waals surface area (Å²) in [5, 5.41) is 15.8. The standard InChI is InChI=1S/C18H12N2O3S/c21-16-12-7-2-1-6-11(12)15-13(16)14(19-18(24)20-15)9-4-3-5-10(8-9)17(22)23/h1-8,14H,(H,22,23)(H2,19,20,24). The Morgan fingerprint density at radius 1 is 1.08 bits per heavy atom. The molecular formula is C18H12N2O3S. The van der Waals surface area contributed by atoms with E-state index in [9.17, 15) is 14.7 Å². The molecule has 0 fully saturated rings. The third-order valence-corrected chi connectivity index (χ3v) is 4.44. The van der Waals surface area contributed by atoms with Crippen LogP contribution < -0.4 is 10.6 Å². The summed E-state index contributed by atoms with van der Waals surface area (Å²) in [7, 11) is 0. The van der Waals surface area contributed by atoms with Crippen LogP contribution in [0, 0.1) is 0 Å². The zero-order valence-corrected chi connectivity index (χ0v) is 13.2. The Bertz CT molecular complexity index is 949. The average Bonchev–Trinajstić information content (AvgIpc) is 2.87. The summed E-state index contributed by atoms with van der Waals surface area (Å²) in [5.41, 5.74) is 3.57. The lowest BCUT2D eigenvalue weighted by molar-refractivity contribution is 0.0696. The Kier molecular flexibility index (Phi) is 3.21. The molecule has 6 heteroatoms. The number of thiocarbonyl (C=S) groups is 1. The van der Waals surface area contributed by atoms with Crippen molar-refractivity contribution in [1.29, 1.82) is 0 Å². The van der Waals surface area contributed by atoms with Gasteiger partial charge < -0.3 is 15.7 Å². The first-order valence-corrected chi connectivity index (χ1v) is 7.76. The van der Waals surface area contributed by atoms with Gasteiger partial charge in [0.05, 0.1) is 22.9 Å². The lowest BCUT2D eigenvalue weighted by Crippen LogP contribution is -2.43. The number of carbonyl (C=O) groups is 2. The van der Waals surface area contributed by atoms with Crippen LogP contribution in [0.25, 0.3) is 5.70 Å². The second-order valence-electron chi connectivity index (χ2n) is 5.63. The van der Waals surface area contributed by atoms with Gasteiger partial charge in [0.1, 0.15) is 0 Å². The van der Waals surface area contributed by atoms with Gasteiger partial charge in [-0.25, -0.2) is 4.79 Å². The molecule has 1 aliphatic heterocycles. The molecule has 2 aromatic rings. The first kappa shape index (κ1) is 14.6. The van der Waals surface area contributed by atoms with Crippen molar-refractivity contribution in [3.63, 3.8) is 0 Å². The van der Waals surface area contributed by atoms with Gasteiger partial charge in [0.25, 0.3) is 0 Å². The minimum Gasteiger partial charge on any atom is -0.478 e. The van der Waals surface area contributed by atoms with Crippen LogP contribution in [0.3, 0.4) is 0 Å². The minimum absolute atomic E-state index is 0.0752. The molecule has 0 radical (unpaired) electrons. The Hall–Kier alpha value is -2.99. The molecule has 0 amide bonds. The van der Waals surface area contributed by atoms with Crippen molar-refractivity contribution < 1.29 is 14.7 Å². The molecule has 5 nitrogen and oxygen atoms in total. The molecule has 0 bridgehead atoms. The van der Waals surface area contributed by atoms with Crippen LogP contribution in [0.1, 0.15) is 37.9 Å². The van der Waals surface area contributed by atoms with E-state index in [-0.39, 0.29) is 11.3 Å². The fraction of sp³-hybridized carbons (Fsp3) is 0.0556. The smallest absolute Gasteiger partial charge is 0.335 e. The molecule has 118 valence electrons. The van der Waals surface area contributed by atoms with E-state index in [1.165, 1.54) is 6.07 Å². The number of carboxylic acids is 1. The van der Waals surface area contributed by atoms with E-state index >= 15 is 0 Å². The molecule has 24 heavy (non-hydrogen) atoms. The molecular weight excluding hydrogens is 324 g/mol. The van der Waals surface area contributed by atoms with E-state index < -0.39 is 12.0 Å². The van der Waals surface area contributed by atoms with Gasteiger partial charge in [-0.05, 0) is 29.9 Å². The quantitative estimate of drug-likeness (QED) is 0.732. The first-order valence-electron chi connectivity index (χ1n) is 7.35. The predicted octanol–water partition coefficient (Wildman–Crippen LogP) is 2.51. The monoisotopic (exact) mass is 336 g/mol. The van der Waals surface area contributed by atoms with Gasteiger partial charge in [-0.2, -0.15) is 0 Å². The Labute approximate surface area is 143 Å². The molecule has 0 spiro atoms. The average molecular weight is 336 g/mol. The molecule has 0 aromatic heterocycles. The number of aromatic carboxylic acids is 1. The molecule has 1 atom stereocenters. The molecule has 2 aromatic carbocycles. The number of carbonyl (C=O) groups excluding carboxylic acids is 1. The lowest BCUT2D eigenvalue weighted by Gasteiger charge is -2.28. The number of Topliss-reactive ketones (excluding diaryl/α,β-unsaturated/α-hetero) is 1. The summed E-state index contributed by atoms with van der Waals surface area (Å²) in [6.07, 6.45) is 0. The van der Waals surface area contributed by atoms with Crippen LogP contribution in [-0.4, -0.2) is 22.0 Å². The van der Waals surface area contributed by atoms with Gasteiger partial charge in [0.2, 0.25) is 0 Å². The summed E-state index contributed by atoms with van der Waals surface area (Å²) in [4.78, 5) is 24.1. The molecule has 1 unspecified atom stereocenters. The molecule has 1 heterocycles. The zero-order valence-electron chi connectivity index (χ0n) is 12.4. The van der Waals surface area contributed by atoms with E-state index in [4.69, 9.17) is 12.2 Å². The van der Waals surface area contributed by atoms with Gasteiger partial charge in [-0.3, -0.25) is 4.79 Å². The Morgan fingerprint density at radius 3 is 2.58 bits per heavy atom. The summed E-state index contributed by atoms with van der Waals surface area (Å²) >= 11 is 5.27. The fourth-order valence-corrected chi connectivity index (χ4v) is 3.39. The number of benzene rings is 2. The maximum Gasteiger partial charge on any atom is 0.335 e. The van der Waals surface area contributed by atoms with Crippen LogP contribution in [0.2, 0.25) is 0 Å². The summed E-state index contributed by atoms with van der Waals surface area (Å²) in [5.74, 6) is -1.09. The summed E-state index contributed by atoms with van der Waals surface area (Å²) in [6.45, 7) is 0. The second kappa shape index (κ2) is 5.28. The van der Waals surface area contributed by atoms with Crippen LogP contribution in [-0.2, 0) is 0 Å². The van der Waals surface area contributed by atoms with Gasteiger partial charge in [-0.1, -0.05) is 36.4 Å². The van der Waals surface area contributed by atoms with Crippen LogP contribution in [0.4, 0.5) is 0 Å². The Morgan fingerprint density at radius 2 is 1.83 bits per heavy atom. The van der Waals surface area contributed by atoms with E-state index in [1.54, 1.807) is 24.3 Å². The minimum atomic E-state index is -1.01. The highest BCUT2D eigenvalue weighted by molar-refractivity contribution is 7.80. The fourth-order valence-electron chi connectivity index (χ4n) is 3.17. The van der Waals surface area contributed by atoms with Crippen molar-refractivity contribution in [3.05, 3.63) is 76.4 Å². The van der Waals surface area contributed by atoms with Crippen molar-refractivity contribution in [2.24, 2.45) is 0 Å². The normalized spacial score (nSPS) is 18.6. The van der Waals surface area contributed by atoms with E-state index in [0.717, 1.165) is 5.56 Å². The number of carboxylic acid groups (broad SMARTS) is 1. The van der Waals surface area contributed by atoms with E-state index in [2.05, 4.69) is 10.6 Å². The van der Waals surface area contributed by atoms with Crippen molar-refractivity contribution in [1.82, 2.24) is 10.6 Å². The summed E-state index contributed by atoms with van der Waals surface area (Å²) < 4.78 is 0. The molecule has 0 saturated heterocycles. The van der Waals surface area contributed by atoms with Gasteiger partial charge >= 0.3 is 5.97 Å². The van der Waals surface area contributed by atoms with Gasteiger partial charge in [-0.15, -0.1) is 0 Å². The largest absolute Gasteiger partial charge is 0.478 e. The predicted molar refractivity (Wildman–Crippen MR) is 92.7 cm³/mol. The lowest BCUT2D eigenvalue weighted by atomic mass is 9.93. The zero-order chi connectivity index (χ0) is 16.8. The third kappa shape index (κ3) is 2.11. The maximum absolute atomic E-state index is 12.8. The molecule has 3 N–H and O–H groups in total. The van der Waals surface area contributed by atoms with E-state index in [1.807, 2.05) is 18.2 Å². The third-order valence-electron chi connectivity index (χ3n) is 4.22. The number of hydrogen-bond acceptors (Lipinski definition) is 3. The van der Waals surface area contributed by atoms with Crippen molar-refractivity contribution >= 4 is 34.8 Å². The SMILES string of the molecule is O=C(O)c1cccc(C2NC(=S)NC3=C2C(=O)c2ccccc23)c1. The highest BCUT2D eigenvalue weighted by Gasteiger charge is 2.38. The molecule has 2 aliphatic rings. The number of fused-ring (bicyclic) bond motifs is 2. The number of rotatable bonds is 2. The van der Waals surface area contributed by atoms with Gasteiger partial charge in [0, 0.05) is 11.1 Å². The van der Waals surface area contributed by atoms with Crippen molar-refractivity contribution in [2.75, 3.05) is 0 Å². The van der Waals surface area contributed by atoms with Crippen LogP contribution in [0.5, 0.6) is 0 Å². The van der Waals surface area contributed by atoms with E-state index in [0.29, 0.717) is 27.5 Å². The van der Waals surface area contributed by atoms with Crippen LogP contribution >= 0.6 is 12.2 Å². The second-order valence-corrected chi connectivity index (χ2v) is 6.03. The van der Waals surface area contributed by atoms with Crippen molar-refractivity contribution in [2.45, 2.75) is 6.04 Å². The first-order chi connectivity index (χ1) is 11.6. The number of hydrogen-bond donors (Lipinski definition) is 3. The highest BCUT2D eigenvalue weighted by Crippen LogP contribution is 2.39.